The zero-order valence-electron chi connectivity index (χ0n) is 12.2. The van der Waals surface area contributed by atoms with Crippen LogP contribution in [0.2, 0.25) is 25.7 Å². The van der Waals surface area contributed by atoms with Gasteiger partial charge >= 0.3 is 0 Å². The van der Waals surface area contributed by atoms with E-state index in [4.69, 9.17) is 0 Å². The van der Waals surface area contributed by atoms with Crippen LogP contribution in [0.5, 0.6) is 0 Å². The molecule has 2 atom stereocenters. The second-order valence-electron chi connectivity index (χ2n) is 6.86. The molecular formula is C15H21NO2SSi. The van der Waals surface area contributed by atoms with Crippen molar-refractivity contribution in [1.29, 1.82) is 0 Å². The van der Waals surface area contributed by atoms with E-state index < -0.39 is 18.1 Å². The van der Waals surface area contributed by atoms with Crippen molar-refractivity contribution in [3.8, 4) is 0 Å². The summed E-state index contributed by atoms with van der Waals surface area (Å²) in [6, 6.07) is 8.72. The summed E-state index contributed by atoms with van der Waals surface area (Å²) in [5, 5.41) is 0. The van der Waals surface area contributed by atoms with Crippen LogP contribution in [-0.4, -0.2) is 26.5 Å². The number of sulfonamides is 1. The Hall–Kier alpha value is -0.913. The van der Waals surface area contributed by atoms with Crippen LogP contribution < -0.4 is 0 Å². The van der Waals surface area contributed by atoms with Gasteiger partial charge in [0.2, 0.25) is 10.0 Å². The number of fused-ring (bicyclic) bond motifs is 5. The van der Waals surface area contributed by atoms with E-state index >= 15 is 0 Å². The molecule has 0 radical (unpaired) electrons. The maximum absolute atomic E-state index is 12.7. The monoisotopic (exact) mass is 307 g/mol. The first kappa shape index (κ1) is 14.0. The lowest BCUT2D eigenvalue weighted by Gasteiger charge is -2.24. The summed E-state index contributed by atoms with van der Waals surface area (Å²) in [5.74, 6) is 0.283. The molecule has 1 aromatic carbocycles. The molecule has 108 valence electrons. The van der Waals surface area contributed by atoms with Gasteiger partial charge in [-0.1, -0.05) is 56.1 Å². The van der Waals surface area contributed by atoms with E-state index in [0.717, 1.165) is 17.2 Å². The van der Waals surface area contributed by atoms with Gasteiger partial charge in [0.05, 0.1) is 17.8 Å². The average Bonchev–Trinajstić information content (AvgIpc) is 2.93. The van der Waals surface area contributed by atoms with Crippen molar-refractivity contribution in [1.82, 2.24) is 4.31 Å². The lowest BCUT2D eigenvalue weighted by Crippen LogP contribution is -2.34. The van der Waals surface area contributed by atoms with E-state index in [1.165, 1.54) is 0 Å². The van der Waals surface area contributed by atoms with Gasteiger partial charge in [-0.15, -0.1) is 0 Å². The van der Waals surface area contributed by atoms with Crippen molar-refractivity contribution < 1.29 is 8.42 Å². The van der Waals surface area contributed by atoms with Crippen molar-refractivity contribution in [2.75, 3.05) is 5.75 Å². The Balaban J connectivity index is 1.88. The fraction of sp³-hybridized carbons (Fsp3) is 0.467. The molecule has 2 heterocycles. The first-order valence-corrected chi connectivity index (χ1v) is 12.4. The number of hydrogen-bond donors (Lipinski definition) is 0. The highest BCUT2D eigenvalue weighted by molar-refractivity contribution is 7.89. The summed E-state index contributed by atoms with van der Waals surface area (Å²) >= 11 is 0. The molecule has 0 spiro atoms. The molecule has 2 bridgehead atoms. The summed E-state index contributed by atoms with van der Waals surface area (Å²) in [6.07, 6.45) is 4.05. The van der Waals surface area contributed by atoms with E-state index in [2.05, 4.69) is 19.6 Å². The van der Waals surface area contributed by atoms with E-state index in [9.17, 15) is 8.42 Å². The predicted molar refractivity (Wildman–Crippen MR) is 84.8 cm³/mol. The fourth-order valence-electron chi connectivity index (χ4n) is 2.97. The van der Waals surface area contributed by atoms with Gasteiger partial charge in [0.25, 0.3) is 0 Å². The van der Waals surface area contributed by atoms with Crippen LogP contribution in [0.25, 0.3) is 0 Å². The zero-order valence-corrected chi connectivity index (χ0v) is 14.0. The second-order valence-corrected chi connectivity index (χ2v) is 14.5. The molecule has 1 aromatic rings. The highest BCUT2D eigenvalue weighted by Crippen LogP contribution is 2.50. The van der Waals surface area contributed by atoms with E-state index in [-0.39, 0.29) is 17.8 Å². The Kier molecular flexibility index (Phi) is 3.19. The van der Waals surface area contributed by atoms with Crippen LogP contribution in [0.3, 0.4) is 0 Å². The number of rotatable bonds is 4. The molecule has 0 amide bonds. The normalized spacial score (nSPS) is 25.1. The van der Waals surface area contributed by atoms with Crippen LogP contribution in [0, 0.1) is 0 Å². The minimum atomic E-state index is -3.19. The van der Waals surface area contributed by atoms with Crippen LogP contribution >= 0.6 is 0 Å². The molecule has 0 fully saturated rings. The molecule has 0 aliphatic carbocycles. The predicted octanol–water partition coefficient (Wildman–Crippen LogP) is 3.32. The van der Waals surface area contributed by atoms with Crippen molar-refractivity contribution in [3.63, 3.8) is 0 Å². The van der Waals surface area contributed by atoms with Crippen molar-refractivity contribution >= 4 is 18.1 Å². The molecule has 0 N–H and O–H groups in total. The quantitative estimate of drug-likeness (QED) is 0.632. The second kappa shape index (κ2) is 4.54. The molecule has 0 aromatic heterocycles. The van der Waals surface area contributed by atoms with Crippen LogP contribution in [0.4, 0.5) is 0 Å². The van der Waals surface area contributed by atoms with Crippen LogP contribution in [-0.2, 0) is 10.0 Å². The third-order valence-electron chi connectivity index (χ3n) is 4.09. The summed E-state index contributed by atoms with van der Waals surface area (Å²) in [5.41, 5.74) is 2.30. The third kappa shape index (κ3) is 2.28. The Morgan fingerprint density at radius 2 is 1.55 bits per heavy atom. The number of hydrogen-bond acceptors (Lipinski definition) is 2. The van der Waals surface area contributed by atoms with Crippen molar-refractivity contribution in [2.45, 2.75) is 37.8 Å². The topological polar surface area (TPSA) is 37.4 Å². The molecule has 3 nitrogen and oxygen atoms in total. The standard InChI is InChI=1S/C15H21NO2SSi/c1-20(2,3)11-10-19(17,18)16-14-8-9-15(16)13-7-5-4-6-12(13)14/h4-9,14-15H,10-11H2,1-3H3. The number of benzene rings is 1. The van der Waals surface area contributed by atoms with E-state index in [1.807, 2.05) is 36.4 Å². The molecule has 0 saturated heterocycles. The van der Waals surface area contributed by atoms with Gasteiger partial charge in [0.15, 0.2) is 0 Å². The lowest BCUT2D eigenvalue weighted by atomic mass is 9.97. The molecule has 2 unspecified atom stereocenters. The molecule has 2 aliphatic rings. The van der Waals surface area contributed by atoms with E-state index in [0.29, 0.717) is 0 Å². The highest BCUT2D eigenvalue weighted by atomic mass is 32.2. The Bertz CT molecular complexity index is 628. The van der Waals surface area contributed by atoms with Crippen molar-refractivity contribution in [2.24, 2.45) is 0 Å². The lowest BCUT2D eigenvalue weighted by molar-refractivity contribution is 0.385. The van der Waals surface area contributed by atoms with Gasteiger partial charge in [0, 0.05) is 8.07 Å². The maximum atomic E-state index is 12.7. The molecule has 5 heteroatoms. The molecule has 2 aliphatic heterocycles. The smallest absolute Gasteiger partial charge is 0.212 e. The van der Waals surface area contributed by atoms with Crippen LogP contribution in [0.15, 0.2) is 36.4 Å². The van der Waals surface area contributed by atoms with Gasteiger partial charge in [-0.25, -0.2) is 8.42 Å². The summed E-state index contributed by atoms with van der Waals surface area (Å²) in [4.78, 5) is 0. The highest BCUT2D eigenvalue weighted by Gasteiger charge is 2.46. The minimum Gasteiger partial charge on any atom is -0.212 e. The molecule has 20 heavy (non-hydrogen) atoms. The summed E-state index contributed by atoms with van der Waals surface area (Å²) < 4.78 is 27.1. The average molecular weight is 307 g/mol. The summed E-state index contributed by atoms with van der Waals surface area (Å²) in [7, 11) is -4.54. The Morgan fingerprint density at radius 1 is 1.05 bits per heavy atom. The third-order valence-corrected chi connectivity index (χ3v) is 8.02. The fourth-order valence-corrected chi connectivity index (χ4v) is 7.72. The Morgan fingerprint density at radius 3 is 2.00 bits per heavy atom. The maximum Gasteiger partial charge on any atom is 0.215 e. The first-order valence-electron chi connectivity index (χ1n) is 7.08. The molecule has 3 rings (SSSR count). The molecule has 0 saturated carbocycles. The van der Waals surface area contributed by atoms with Gasteiger partial charge < -0.3 is 0 Å². The van der Waals surface area contributed by atoms with Gasteiger partial charge in [-0.2, -0.15) is 4.31 Å². The van der Waals surface area contributed by atoms with Gasteiger partial charge in [-0.3, -0.25) is 0 Å². The Labute approximate surface area is 122 Å². The SMILES string of the molecule is C[Si](C)(C)CCS(=O)(=O)N1C2C=CC1c1ccccc12. The zero-order chi connectivity index (χ0) is 14.5. The minimum absolute atomic E-state index is 0.0807. The van der Waals surface area contributed by atoms with Crippen molar-refractivity contribution in [3.05, 3.63) is 47.5 Å². The molecular weight excluding hydrogens is 286 g/mol. The number of nitrogens with zero attached hydrogens (tertiary/aromatic N) is 1. The van der Waals surface area contributed by atoms with E-state index in [1.54, 1.807) is 4.31 Å². The van der Waals surface area contributed by atoms with Crippen LogP contribution in [0.1, 0.15) is 23.2 Å². The largest absolute Gasteiger partial charge is 0.215 e. The van der Waals surface area contributed by atoms with Gasteiger partial charge in [0.1, 0.15) is 0 Å². The summed E-state index contributed by atoms with van der Waals surface area (Å²) in [6.45, 7) is 6.65. The van der Waals surface area contributed by atoms with Gasteiger partial charge in [-0.05, 0) is 17.2 Å². The first-order chi connectivity index (χ1) is 9.30.